The molecule has 6 nitrogen and oxygen atoms in total. The molecule has 0 saturated carbocycles. The molecular weight excluding hydrogens is 308 g/mol. The van der Waals surface area contributed by atoms with Crippen LogP contribution in [0.2, 0.25) is 0 Å². The Morgan fingerprint density at radius 1 is 0.958 bits per heavy atom. The summed E-state index contributed by atoms with van der Waals surface area (Å²) in [5.41, 5.74) is 1.81. The standard InChI is InChI=1S/C18H20N2O4/c1-13(21)14-6-8-15(9-7-14)19-18(22)20-16-4-3-5-17(12-16)24-11-10-23-2/h3-9,12H,10-11H2,1-2H3,(H2,19,20,22). The van der Waals surface area contributed by atoms with E-state index in [2.05, 4.69) is 10.6 Å². The number of rotatable bonds is 7. The zero-order chi connectivity index (χ0) is 17.4. The topological polar surface area (TPSA) is 76.7 Å². The fourth-order valence-corrected chi connectivity index (χ4v) is 1.99. The molecule has 0 fully saturated rings. The molecule has 2 amide bonds. The van der Waals surface area contributed by atoms with Gasteiger partial charge < -0.3 is 20.1 Å². The van der Waals surface area contributed by atoms with Crippen molar-refractivity contribution in [1.82, 2.24) is 0 Å². The van der Waals surface area contributed by atoms with Crippen molar-refractivity contribution in [3.05, 3.63) is 54.1 Å². The minimum Gasteiger partial charge on any atom is -0.491 e. The van der Waals surface area contributed by atoms with Gasteiger partial charge in [-0.05, 0) is 43.3 Å². The Kier molecular flexibility index (Phi) is 6.33. The number of ketones is 1. The van der Waals surface area contributed by atoms with E-state index in [9.17, 15) is 9.59 Å². The summed E-state index contributed by atoms with van der Waals surface area (Å²) in [4.78, 5) is 23.2. The molecule has 2 rings (SSSR count). The summed E-state index contributed by atoms with van der Waals surface area (Å²) in [5.74, 6) is 0.631. The average Bonchev–Trinajstić information content (AvgIpc) is 2.56. The molecule has 0 spiro atoms. The molecular formula is C18H20N2O4. The maximum Gasteiger partial charge on any atom is 0.323 e. The van der Waals surface area contributed by atoms with Crippen LogP contribution in [0, 0.1) is 0 Å². The Morgan fingerprint density at radius 2 is 1.67 bits per heavy atom. The van der Waals surface area contributed by atoms with Crippen molar-refractivity contribution in [2.75, 3.05) is 31.0 Å². The first-order valence-electron chi connectivity index (χ1n) is 7.49. The Balaban J connectivity index is 1.92. The number of Topliss-reactive ketones (excluding diaryl/α,β-unsaturated/α-hetero) is 1. The van der Waals surface area contributed by atoms with Crippen molar-refractivity contribution in [2.45, 2.75) is 6.92 Å². The van der Waals surface area contributed by atoms with Gasteiger partial charge in [0, 0.05) is 30.1 Å². The number of methoxy groups -OCH3 is 1. The summed E-state index contributed by atoms with van der Waals surface area (Å²) in [6.45, 7) is 2.43. The van der Waals surface area contributed by atoms with E-state index < -0.39 is 0 Å². The lowest BCUT2D eigenvalue weighted by Crippen LogP contribution is -2.19. The number of hydrogen-bond acceptors (Lipinski definition) is 4. The highest BCUT2D eigenvalue weighted by Gasteiger charge is 2.05. The van der Waals surface area contributed by atoms with Crippen LogP contribution in [-0.2, 0) is 4.74 Å². The Hall–Kier alpha value is -2.86. The lowest BCUT2D eigenvalue weighted by molar-refractivity contribution is 0.101. The van der Waals surface area contributed by atoms with Crippen molar-refractivity contribution in [3.63, 3.8) is 0 Å². The third kappa shape index (κ3) is 5.40. The monoisotopic (exact) mass is 328 g/mol. The van der Waals surface area contributed by atoms with Crippen LogP contribution in [0.5, 0.6) is 5.75 Å². The maximum absolute atomic E-state index is 12.0. The van der Waals surface area contributed by atoms with Gasteiger partial charge in [0.2, 0.25) is 0 Å². The minimum atomic E-state index is -0.375. The summed E-state index contributed by atoms with van der Waals surface area (Å²) in [5, 5.41) is 5.44. The molecule has 0 unspecified atom stereocenters. The van der Waals surface area contributed by atoms with Gasteiger partial charge in [-0.2, -0.15) is 0 Å². The van der Waals surface area contributed by atoms with Crippen LogP contribution < -0.4 is 15.4 Å². The average molecular weight is 328 g/mol. The summed E-state index contributed by atoms with van der Waals surface area (Å²) < 4.78 is 10.4. The maximum atomic E-state index is 12.0. The predicted molar refractivity (Wildman–Crippen MR) is 92.9 cm³/mol. The van der Waals surface area contributed by atoms with E-state index in [4.69, 9.17) is 9.47 Å². The van der Waals surface area contributed by atoms with Crippen molar-refractivity contribution >= 4 is 23.2 Å². The zero-order valence-electron chi connectivity index (χ0n) is 13.7. The van der Waals surface area contributed by atoms with E-state index in [0.717, 1.165) is 0 Å². The van der Waals surface area contributed by atoms with Gasteiger partial charge in [0.25, 0.3) is 0 Å². The van der Waals surface area contributed by atoms with Gasteiger partial charge in [-0.3, -0.25) is 4.79 Å². The van der Waals surface area contributed by atoms with Gasteiger partial charge in [0.15, 0.2) is 5.78 Å². The third-order valence-corrected chi connectivity index (χ3v) is 3.20. The van der Waals surface area contributed by atoms with Crippen molar-refractivity contribution < 1.29 is 19.1 Å². The molecule has 2 aromatic rings. The molecule has 0 saturated heterocycles. The van der Waals surface area contributed by atoms with Crippen molar-refractivity contribution in [2.24, 2.45) is 0 Å². The van der Waals surface area contributed by atoms with Crippen molar-refractivity contribution in [1.29, 1.82) is 0 Å². The van der Waals surface area contributed by atoms with Gasteiger partial charge >= 0.3 is 6.03 Å². The number of urea groups is 1. The molecule has 0 aromatic heterocycles. The highest BCUT2D eigenvalue weighted by Crippen LogP contribution is 2.18. The van der Waals surface area contributed by atoms with Crippen LogP contribution in [0.25, 0.3) is 0 Å². The molecule has 126 valence electrons. The molecule has 0 heterocycles. The van der Waals surface area contributed by atoms with E-state index in [1.807, 2.05) is 0 Å². The van der Waals surface area contributed by atoms with E-state index in [1.54, 1.807) is 55.6 Å². The van der Waals surface area contributed by atoms with E-state index in [0.29, 0.717) is 35.9 Å². The SMILES string of the molecule is COCCOc1cccc(NC(=O)Nc2ccc(C(C)=O)cc2)c1. The number of ether oxygens (including phenoxy) is 2. The van der Waals surface area contributed by atoms with E-state index >= 15 is 0 Å². The Morgan fingerprint density at radius 3 is 2.33 bits per heavy atom. The Labute approximate surface area is 140 Å². The molecule has 0 aliphatic carbocycles. The van der Waals surface area contributed by atoms with E-state index in [1.165, 1.54) is 6.92 Å². The molecule has 2 aromatic carbocycles. The number of carbonyl (C=O) groups is 2. The van der Waals surface area contributed by atoms with Crippen molar-refractivity contribution in [3.8, 4) is 5.75 Å². The predicted octanol–water partition coefficient (Wildman–Crippen LogP) is 3.56. The molecule has 6 heteroatoms. The number of nitrogens with one attached hydrogen (secondary N) is 2. The van der Waals surface area contributed by atoms with Gasteiger partial charge in [0.1, 0.15) is 12.4 Å². The van der Waals surface area contributed by atoms with Crippen LogP contribution in [0.4, 0.5) is 16.2 Å². The number of anilines is 2. The number of benzene rings is 2. The van der Waals surface area contributed by atoms with Crippen LogP contribution in [-0.4, -0.2) is 32.1 Å². The molecule has 0 aliphatic heterocycles. The lowest BCUT2D eigenvalue weighted by atomic mass is 10.1. The zero-order valence-corrected chi connectivity index (χ0v) is 13.7. The number of amides is 2. The normalized spacial score (nSPS) is 10.1. The van der Waals surface area contributed by atoms with Gasteiger partial charge in [-0.1, -0.05) is 6.07 Å². The lowest BCUT2D eigenvalue weighted by Gasteiger charge is -2.10. The van der Waals surface area contributed by atoms with Crippen LogP contribution in [0.15, 0.2) is 48.5 Å². The molecule has 24 heavy (non-hydrogen) atoms. The second-order valence-electron chi connectivity index (χ2n) is 5.08. The summed E-state index contributed by atoms with van der Waals surface area (Å²) >= 11 is 0. The van der Waals surface area contributed by atoms with E-state index in [-0.39, 0.29) is 11.8 Å². The fourth-order valence-electron chi connectivity index (χ4n) is 1.99. The van der Waals surface area contributed by atoms with Crippen LogP contribution in [0.3, 0.4) is 0 Å². The van der Waals surface area contributed by atoms with Crippen LogP contribution >= 0.6 is 0 Å². The first-order chi connectivity index (χ1) is 11.6. The van der Waals surface area contributed by atoms with Gasteiger partial charge in [0.05, 0.1) is 6.61 Å². The van der Waals surface area contributed by atoms with Gasteiger partial charge in [-0.25, -0.2) is 4.79 Å². The minimum absolute atomic E-state index is 0.0173. The Bertz CT molecular complexity index is 698. The summed E-state index contributed by atoms with van der Waals surface area (Å²) in [7, 11) is 1.61. The summed E-state index contributed by atoms with van der Waals surface area (Å²) in [6.07, 6.45) is 0. The third-order valence-electron chi connectivity index (χ3n) is 3.20. The molecule has 0 radical (unpaired) electrons. The van der Waals surface area contributed by atoms with Crippen LogP contribution in [0.1, 0.15) is 17.3 Å². The number of hydrogen-bond donors (Lipinski definition) is 2. The fraction of sp³-hybridized carbons (Fsp3) is 0.222. The van der Waals surface area contributed by atoms with Gasteiger partial charge in [-0.15, -0.1) is 0 Å². The first-order valence-corrected chi connectivity index (χ1v) is 7.49. The highest BCUT2D eigenvalue weighted by molar-refractivity contribution is 6.00. The quantitative estimate of drug-likeness (QED) is 0.602. The molecule has 0 aliphatic rings. The second kappa shape index (κ2) is 8.69. The smallest absolute Gasteiger partial charge is 0.323 e. The summed E-state index contributed by atoms with van der Waals surface area (Å²) in [6, 6.07) is 13.4. The molecule has 2 N–H and O–H groups in total. The molecule has 0 atom stereocenters. The second-order valence-corrected chi connectivity index (χ2v) is 5.08. The number of carbonyl (C=O) groups excluding carboxylic acids is 2. The largest absolute Gasteiger partial charge is 0.491 e. The first kappa shape index (κ1) is 17.5. The molecule has 0 bridgehead atoms. The highest BCUT2D eigenvalue weighted by atomic mass is 16.5.